The summed E-state index contributed by atoms with van der Waals surface area (Å²) in [5.74, 6) is -1.85. The fraction of sp³-hybridized carbons (Fsp3) is 0.382. The lowest BCUT2D eigenvalue weighted by Crippen LogP contribution is -2.57. The molecule has 0 bridgehead atoms. The van der Waals surface area contributed by atoms with Gasteiger partial charge in [-0.3, -0.25) is 14.4 Å². The first-order valence-electron chi connectivity index (χ1n) is 14.4. The first kappa shape index (κ1) is 31.7. The van der Waals surface area contributed by atoms with E-state index in [-0.39, 0.29) is 30.8 Å². The predicted octanol–water partition coefficient (Wildman–Crippen LogP) is 3.02. The van der Waals surface area contributed by atoms with Gasteiger partial charge in [-0.2, -0.15) is 0 Å². The molecule has 0 saturated carbocycles. The van der Waals surface area contributed by atoms with Gasteiger partial charge in [0.15, 0.2) is 6.10 Å². The molecule has 3 amide bonds. The van der Waals surface area contributed by atoms with E-state index in [1.807, 2.05) is 61.5 Å². The maximum atomic E-state index is 14.0. The van der Waals surface area contributed by atoms with Crippen LogP contribution in [-0.2, 0) is 22.6 Å². The molecular weight excluding hydrogens is 546 g/mol. The van der Waals surface area contributed by atoms with Crippen LogP contribution in [0.4, 0.5) is 0 Å². The molecule has 228 valence electrons. The van der Waals surface area contributed by atoms with Crippen LogP contribution in [0.25, 0.3) is 0 Å². The van der Waals surface area contributed by atoms with E-state index in [2.05, 4.69) is 10.6 Å². The molecule has 1 fully saturated rings. The highest BCUT2D eigenvalue weighted by molar-refractivity contribution is 5.97. The maximum Gasteiger partial charge on any atom is 0.254 e. The Morgan fingerprint density at radius 1 is 0.953 bits per heavy atom. The van der Waals surface area contributed by atoms with Gasteiger partial charge in [-0.15, -0.1) is 0 Å². The Balaban J connectivity index is 1.62. The topological polar surface area (TPSA) is 139 Å². The highest BCUT2D eigenvalue weighted by Gasteiger charge is 2.60. The van der Waals surface area contributed by atoms with Gasteiger partial charge in [-0.1, -0.05) is 74.5 Å². The molecule has 3 aromatic rings. The van der Waals surface area contributed by atoms with Gasteiger partial charge in [0, 0.05) is 23.1 Å². The van der Waals surface area contributed by atoms with Crippen LogP contribution in [0.3, 0.4) is 0 Å². The fourth-order valence-corrected chi connectivity index (χ4v) is 5.64. The number of likely N-dealkylation sites (tertiary alicyclic amines) is 1. The number of nitrogens with one attached hydrogen (secondary N) is 2. The van der Waals surface area contributed by atoms with Crippen LogP contribution in [0, 0.1) is 19.3 Å². The summed E-state index contributed by atoms with van der Waals surface area (Å²) in [5.41, 5.74) is 0.764. The minimum absolute atomic E-state index is 0.0510. The number of benzene rings is 3. The number of rotatable bonds is 9. The summed E-state index contributed by atoms with van der Waals surface area (Å²) in [6.07, 6.45) is -1.62. The number of carbonyl (C=O) groups excluding carboxylic acids is 3. The number of aryl methyl sites for hydroxylation is 1. The molecule has 9 nitrogen and oxygen atoms in total. The van der Waals surface area contributed by atoms with Crippen molar-refractivity contribution in [3.8, 4) is 5.75 Å². The molecular formula is C34H41N3O6. The normalized spacial score (nSPS) is 20.7. The van der Waals surface area contributed by atoms with Gasteiger partial charge in [-0.05, 0) is 56.0 Å². The smallest absolute Gasteiger partial charge is 0.254 e. The highest BCUT2D eigenvalue weighted by Crippen LogP contribution is 2.44. The summed E-state index contributed by atoms with van der Waals surface area (Å²) in [7, 11) is 0. The number of aliphatic hydroxyl groups excluding tert-OH is 1. The Morgan fingerprint density at radius 2 is 1.60 bits per heavy atom. The van der Waals surface area contributed by atoms with Crippen molar-refractivity contribution in [2.24, 2.45) is 5.41 Å². The lowest BCUT2D eigenvalue weighted by Gasteiger charge is -2.36. The van der Waals surface area contributed by atoms with Crippen LogP contribution in [0.1, 0.15) is 53.4 Å². The number of phenolic OH excluding ortho intramolecular Hbond substituents is 1. The quantitative estimate of drug-likeness (QED) is 0.261. The van der Waals surface area contributed by atoms with E-state index in [0.717, 1.165) is 16.7 Å². The third kappa shape index (κ3) is 6.58. The molecule has 5 N–H and O–H groups in total. The number of amides is 3. The molecule has 0 unspecified atom stereocenters. The number of aliphatic hydroxyl groups is 2. The van der Waals surface area contributed by atoms with Gasteiger partial charge in [0.1, 0.15) is 11.8 Å². The van der Waals surface area contributed by atoms with Crippen LogP contribution in [-0.4, -0.2) is 68.3 Å². The van der Waals surface area contributed by atoms with Crippen molar-refractivity contribution >= 4 is 17.7 Å². The van der Waals surface area contributed by atoms with E-state index < -0.39 is 46.9 Å². The molecule has 1 saturated heterocycles. The summed E-state index contributed by atoms with van der Waals surface area (Å²) in [4.78, 5) is 42.3. The summed E-state index contributed by atoms with van der Waals surface area (Å²) in [6.45, 7) is 8.61. The SMILES string of the molecule is Cc1ccccc1CNC(=O)[C@H]1N(C(=O)[C@@H](O)[C@H](Cc2ccccc2)NC(=O)c2cccc(O)c2C)C[C@@](C)(O)C1(C)C. The molecule has 0 radical (unpaired) electrons. The number of phenols is 1. The van der Waals surface area contributed by atoms with E-state index in [1.54, 1.807) is 39.8 Å². The number of β-amino-alcohol motifs (C(OH)–C–C–N with tert-alkyl or cyclic N) is 1. The van der Waals surface area contributed by atoms with Crippen LogP contribution >= 0.6 is 0 Å². The molecule has 0 aromatic heterocycles. The molecule has 43 heavy (non-hydrogen) atoms. The Hall–Kier alpha value is -4.21. The van der Waals surface area contributed by atoms with Gasteiger partial charge in [0.2, 0.25) is 5.91 Å². The van der Waals surface area contributed by atoms with E-state index in [1.165, 1.54) is 11.0 Å². The van der Waals surface area contributed by atoms with Crippen molar-refractivity contribution in [2.45, 2.75) is 71.4 Å². The first-order valence-corrected chi connectivity index (χ1v) is 14.4. The van der Waals surface area contributed by atoms with Crippen LogP contribution in [0.15, 0.2) is 72.8 Å². The predicted molar refractivity (Wildman–Crippen MR) is 163 cm³/mol. The average Bonchev–Trinajstić information content (AvgIpc) is 3.16. The van der Waals surface area contributed by atoms with Gasteiger partial charge < -0.3 is 30.9 Å². The van der Waals surface area contributed by atoms with Crippen molar-refractivity contribution in [2.75, 3.05) is 6.54 Å². The van der Waals surface area contributed by atoms with E-state index >= 15 is 0 Å². The zero-order valence-corrected chi connectivity index (χ0v) is 25.3. The second kappa shape index (κ2) is 12.6. The fourth-order valence-electron chi connectivity index (χ4n) is 5.64. The molecule has 0 aliphatic carbocycles. The van der Waals surface area contributed by atoms with Crippen LogP contribution in [0.5, 0.6) is 5.75 Å². The molecule has 1 aliphatic rings. The minimum atomic E-state index is -1.74. The number of aromatic hydroxyl groups is 1. The third-order valence-corrected chi connectivity index (χ3v) is 8.91. The van der Waals surface area contributed by atoms with E-state index in [4.69, 9.17) is 0 Å². The Labute approximate surface area is 252 Å². The van der Waals surface area contributed by atoms with Gasteiger partial charge >= 0.3 is 0 Å². The van der Waals surface area contributed by atoms with Crippen molar-refractivity contribution in [1.82, 2.24) is 15.5 Å². The lowest BCUT2D eigenvalue weighted by molar-refractivity contribution is -0.148. The van der Waals surface area contributed by atoms with Gasteiger partial charge in [0.05, 0.1) is 18.2 Å². The standard InChI is InChI=1S/C34H41N3O6/c1-21-12-9-10-15-24(21)19-35-31(41)29-33(3,4)34(5,43)20-37(29)32(42)28(39)26(18-23-13-7-6-8-14-23)36-30(40)25-16-11-17-27(38)22(25)2/h6-17,26,28-29,38-39,43H,18-20H2,1-5H3,(H,35,41)(H,36,40)/t26-,28-,29+,34+/m0/s1. The summed E-state index contributed by atoms with van der Waals surface area (Å²) >= 11 is 0. The van der Waals surface area contributed by atoms with Crippen molar-refractivity contribution in [3.63, 3.8) is 0 Å². The number of hydrogen-bond acceptors (Lipinski definition) is 6. The molecule has 4 rings (SSSR count). The van der Waals surface area contributed by atoms with E-state index in [0.29, 0.717) is 5.56 Å². The molecule has 1 heterocycles. The molecule has 3 aromatic carbocycles. The lowest BCUT2D eigenvalue weighted by atomic mass is 9.74. The first-order chi connectivity index (χ1) is 20.2. The Morgan fingerprint density at radius 3 is 2.28 bits per heavy atom. The Kier molecular flexibility index (Phi) is 9.27. The van der Waals surface area contributed by atoms with Gasteiger partial charge in [0.25, 0.3) is 11.8 Å². The van der Waals surface area contributed by atoms with Crippen molar-refractivity contribution < 1.29 is 29.7 Å². The van der Waals surface area contributed by atoms with Crippen LogP contribution < -0.4 is 10.6 Å². The number of hydrogen-bond donors (Lipinski definition) is 5. The third-order valence-electron chi connectivity index (χ3n) is 8.91. The average molecular weight is 588 g/mol. The zero-order chi connectivity index (χ0) is 31.5. The van der Waals surface area contributed by atoms with Gasteiger partial charge in [-0.25, -0.2) is 0 Å². The summed E-state index contributed by atoms with van der Waals surface area (Å²) < 4.78 is 0. The maximum absolute atomic E-state index is 14.0. The summed E-state index contributed by atoms with van der Waals surface area (Å²) in [5, 5.41) is 38.7. The number of nitrogens with zero attached hydrogens (tertiary/aromatic N) is 1. The molecule has 9 heteroatoms. The molecule has 1 aliphatic heterocycles. The van der Waals surface area contributed by atoms with E-state index in [9.17, 15) is 29.7 Å². The monoisotopic (exact) mass is 587 g/mol. The minimum Gasteiger partial charge on any atom is -0.508 e. The summed E-state index contributed by atoms with van der Waals surface area (Å²) in [6, 6.07) is 19.1. The second-order valence-electron chi connectivity index (χ2n) is 12.2. The highest BCUT2D eigenvalue weighted by atomic mass is 16.3. The van der Waals surface area contributed by atoms with Crippen LogP contribution in [0.2, 0.25) is 0 Å². The number of carbonyl (C=O) groups is 3. The van der Waals surface area contributed by atoms with Crippen molar-refractivity contribution in [1.29, 1.82) is 0 Å². The molecule has 0 spiro atoms. The van der Waals surface area contributed by atoms with Crippen molar-refractivity contribution in [3.05, 3.63) is 101 Å². The second-order valence-corrected chi connectivity index (χ2v) is 12.2. The molecule has 4 atom stereocenters. The zero-order valence-electron chi connectivity index (χ0n) is 25.3. The Bertz CT molecular complexity index is 1490. The largest absolute Gasteiger partial charge is 0.508 e.